The van der Waals surface area contributed by atoms with E-state index in [0.29, 0.717) is 22.5 Å². The third kappa shape index (κ3) is 4.62. The van der Waals surface area contributed by atoms with E-state index >= 15 is 0 Å². The van der Waals surface area contributed by atoms with Crippen LogP contribution in [-0.4, -0.2) is 50.2 Å². The van der Waals surface area contributed by atoms with E-state index in [1.807, 2.05) is 14.1 Å². The van der Waals surface area contributed by atoms with E-state index < -0.39 is 5.97 Å². The Hall–Kier alpha value is -1.14. The number of ether oxygens (including phenoxy) is 2. The lowest BCUT2D eigenvalue weighted by atomic mass is 10.3. The summed E-state index contributed by atoms with van der Waals surface area (Å²) < 4.78 is 10.9. The van der Waals surface area contributed by atoms with Crippen molar-refractivity contribution >= 4 is 21.9 Å². The molecule has 0 spiro atoms. The summed E-state index contributed by atoms with van der Waals surface area (Å²) in [5.74, 6) is -0.143. The van der Waals surface area contributed by atoms with Crippen molar-refractivity contribution in [2.24, 2.45) is 0 Å². The number of nitrogens with zero attached hydrogens (tertiary/aromatic N) is 2. The molecule has 0 radical (unpaired) electrons. The fraction of sp³-hybridized carbons (Fsp3) is 0.500. The summed E-state index contributed by atoms with van der Waals surface area (Å²) in [5.41, 5.74) is 0.330. The van der Waals surface area contributed by atoms with E-state index in [4.69, 9.17) is 4.74 Å². The van der Waals surface area contributed by atoms with Gasteiger partial charge in [0, 0.05) is 17.2 Å². The smallest absolute Gasteiger partial charge is 0.343 e. The zero-order chi connectivity index (χ0) is 13.5. The second kappa shape index (κ2) is 7.33. The predicted octanol–water partition coefficient (Wildman–Crippen LogP) is 1.96. The Balaban J connectivity index is 2.66. The number of esters is 1. The highest BCUT2D eigenvalue weighted by molar-refractivity contribution is 9.10. The number of hydrogen-bond acceptors (Lipinski definition) is 5. The van der Waals surface area contributed by atoms with Crippen LogP contribution in [0.5, 0.6) is 5.88 Å². The molecule has 0 aliphatic rings. The lowest BCUT2D eigenvalue weighted by Crippen LogP contribution is -2.16. The van der Waals surface area contributed by atoms with Gasteiger partial charge in [-0.2, -0.15) is 0 Å². The molecular formula is C12H17BrN2O3. The highest BCUT2D eigenvalue weighted by atomic mass is 79.9. The maximum Gasteiger partial charge on any atom is 0.343 e. The molecular weight excluding hydrogens is 300 g/mol. The summed E-state index contributed by atoms with van der Waals surface area (Å²) in [6.07, 6.45) is 2.46. The molecule has 100 valence electrons. The summed E-state index contributed by atoms with van der Waals surface area (Å²) in [5, 5.41) is 0. The molecule has 5 nitrogen and oxygen atoms in total. The minimum atomic E-state index is -0.452. The zero-order valence-electron chi connectivity index (χ0n) is 10.8. The number of rotatable bonds is 6. The topological polar surface area (TPSA) is 51.7 Å². The molecule has 0 N–H and O–H groups in total. The number of pyridine rings is 1. The number of carbonyl (C=O) groups is 1. The molecule has 0 aliphatic carbocycles. The molecule has 0 amide bonds. The Morgan fingerprint density at radius 3 is 2.83 bits per heavy atom. The van der Waals surface area contributed by atoms with Crippen molar-refractivity contribution in [3.05, 3.63) is 22.3 Å². The first kappa shape index (κ1) is 14.9. The monoisotopic (exact) mass is 316 g/mol. The van der Waals surface area contributed by atoms with Crippen molar-refractivity contribution in [3.63, 3.8) is 0 Å². The van der Waals surface area contributed by atoms with Gasteiger partial charge in [0.15, 0.2) is 0 Å². The van der Waals surface area contributed by atoms with Crippen LogP contribution in [0, 0.1) is 0 Å². The molecule has 1 heterocycles. The van der Waals surface area contributed by atoms with Crippen molar-refractivity contribution in [2.45, 2.75) is 6.42 Å². The largest absolute Gasteiger partial charge is 0.477 e. The standard InChI is InChI=1S/C12H17BrN2O3/c1-15(2)5-4-6-18-11-10(12(16)17-3)7-9(13)8-14-11/h7-8H,4-6H2,1-3H3. The summed E-state index contributed by atoms with van der Waals surface area (Å²) in [7, 11) is 5.33. The van der Waals surface area contributed by atoms with E-state index in [-0.39, 0.29) is 0 Å². The Labute approximate surface area is 115 Å². The molecule has 0 saturated heterocycles. The van der Waals surface area contributed by atoms with Gasteiger partial charge in [0.2, 0.25) is 5.88 Å². The number of methoxy groups -OCH3 is 1. The molecule has 6 heteroatoms. The van der Waals surface area contributed by atoms with Crippen molar-refractivity contribution < 1.29 is 14.3 Å². The summed E-state index contributed by atoms with van der Waals surface area (Å²) in [6.45, 7) is 1.43. The molecule has 0 saturated carbocycles. The SMILES string of the molecule is COC(=O)c1cc(Br)cnc1OCCCN(C)C. The van der Waals surface area contributed by atoms with Gasteiger partial charge in [-0.05, 0) is 42.5 Å². The van der Waals surface area contributed by atoms with Gasteiger partial charge in [0.25, 0.3) is 0 Å². The molecule has 0 unspecified atom stereocenters. The highest BCUT2D eigenvalue weighted by Gasteiger charge is 2.15. The van der Waals surface area contributed by atoms with Gasteiger partial charge in [-0.25, -0.2) is 9.78 Å². The summed E-state index contributed by atoms with van der Waals surface area (Å²) >= 11 is 3.26. The van der Waals surface area contributed by atoms with Crippen molar-refractivity contribution in [1.29, 1.82) is 0 Å². The van der Waals surface area contributed by atoms with Gasteiger partial charge in [0.1, 0.15) is 5.56 Å². The van der Waals surface area contributed by atoms with E-state index in [1.165, 1.54) is 7.11 Å². The lowest BCUT2D eigenvalue weighted by Gasteiger charge is -2.11. The molecule has 0 aromatic carbocycles. The minimum absolute atomic E-state index is 0.309. The van der Waals surface area contributed by atoms with Crippen LogP contribution in [0.2, 0.25) is 0 Å². The molecule has 0 bridgehead atoms. The number of aromatic nitrogens is 1. The lowest BCUT2D eigenvalue weighted by molar-refractivity contribution is 0.0594. The van der Waals surface area contributed by atoms with Gasteiger partial charge in [-0.3, -0.25) is 0 Å². The summed E-state index contributed by atoms with van der Waals surface area (Å²) in [6, 6.07) is 1.64. The fourth-order valence-corrected chi connectivity index (χ4v) is 1.68. The van der Waals surface area contributed by atoms with Crippen LogP contribution in [0.3, 0.4) is 0 Å². The van der Waals surface area contributed by atoms with Crippen molar-refractivity contribution in [3.8, 4) is 5.88 Å². The van der Waals surface area contributed by atoms with Crippen LogP contribution in [-0.2, 0) is 4.74 Å². The van der Waals surface area contributed by atoms with Gasteiger partial charge >= 0.3 is 5.97 Å². The number of carbonyl (C=O) groups excluding carboxylic acids is 1. The Kier molecular flexibility index (Phi) is 6.07. The number of halogens is 1. The van der Waals surface area contributed by atoms with Crippen LogP contribution in [0.1, 0.15) is 16.8 Å². The maximum atomic E-state index is 11.6. The van der Waals surface area contributed by atoms with Gasteiger partial charge < -0.3 is 14.4 Å². The quantitative estimate of drug-likeness (QED) is 0.593. The van der Waals surface area contributed by atoms with Crippen LogP contribution in [0.4, 0.5) is 0 Å². The van der Waals surface area contributed by atoms with Crippen LogP contribution in [0.25, 0.3) is 0 Å². The van der Waals surface area contributed by atoms with E-state index in [0.717, 1.165) is 13.0 Å². The molecule has 1 aromatic heterocycles. The van der Waals surface area contributed by atoms with Crippen LogP contribution < -0.4 is 4.74 Å². The van der Waals surface area contributed by atoms with Gasteiger partial charge in [0.05, 0.1) is 13.7 Å². The Morgan fingerprint density at radius 1 is 1.50 bits per heavy atom. The zero-order valence-corrected chi connectivity index (χ0v) is 12.4. The third-order valence-electron chi connectivity index (χ3n) is 2.21. The van der Waals surface area contributed by atoms with Gasteiger partial charge in [-0.1, -0.05) is 0 Å². The molecule has 18 heavy (non-hydrogen) atoms. The number of hydrogen-bond donors (Lipinski definition) is 0. The average Bonchev–Trinajstić information content (AvgIpc) is 2.34. The van der Waals surface area contributed by atoms with Crippen molar-refractivity contribution in [2.75, 3.05) is 34.4 Å². The molecule has 0 fully saturated rings. The molecule has 0 aliphatic heterocycles. The molecule has 1 aromatic rings. The Bertz CT molecular complexity index is 410. The predicted molar refractivity (Wildman–Crippen MR) is 71.9 cm³/mol. The normalized spacial score (nSPS) is 10.5. The highest BCUT2D eigenvalue weighted by Crippen LogP contribution is 2.20. The Morgan fingerprint density at radius 2 is 2.22 bits per heavy atom. The van der Waals surface area contributed by atoms with Crippen LogP contribution in [0.15, 0.2) is 16.7 Å². The fourth-order valence-electron chi connectivity index (χ4n) is 1.35. The third-order valence-corrected chi connectivity index (χ3v) is 2.65. The molecule has 1 rings (SSSR count). The minimum Gasteiger partial charge on any atom is -0.477 e. The summed E-state index contributed by atoms with van der Waals surface area (Å²) in [4.78, 5) is 17.7. The van der Waals surface area contributed by atoms with E-state index in [2.05, 4.69) is 30.6 Å². The van der Waals surface area contributed by atoms with Gasteiger partial charge in [-0.15, -0.1) is 0 Å². The second-order valence-electron chi connectivity index (χ2n) is 4.00. The van der Waals surface area contributed by atoms with Crippen molar-refractivity contribution in [1.82, 2.24) is 9.88 Å². The van der Waals surface area contributed by atoms with Crippen LogP contribution >= 0.6 is 15.9 Å². The van der Waals surface area contributed by atoms with E-state index in [1.54, 1.807) is 12.3 Å². The molecule has 0 atom stereocenters. The first-order valence-electron chi connectivity index (χ1n) is 5.56. The first-order valence-corrected chi connectivity index (χ1v) is 6.35. The van der Waals surface area contributed by atoms with E-state index in [9.17, 15) is 4.79 Å². The first-order chi connectivity index (χ1) is 8.54. The second-order valence-corrected chi connectivity index (χ2v) is 4.92. The maximum absolute atomic E-state index is 11.6. The average molecular weight is 317 g/mol.